The van der Waals surface area contributed by atoms with E-state index in [2.05, 4.69) is 10.2 Å². The number of nitrogens with one attached hydrogen (secondary N) is 1. The molecule has 0 saturated carbocycles. The van der Waals surface area contributed by atoms with Crippen molar-refractivity contribution in [1.82, 2.24) is 10.2 Å². The number of amides is 1. The highest BCUT2D eigenvalue weighted by Gasteiger charge is 2.33. The molecule has 2 saturated heterocycles. The van der Waals surface area contributed by atoms with E-state index in [0.717, 1.165) is 45.4 Å². The summed E-state index contributed by atoms with van der Waals surface area (Å²) in [5.41, 5.74) is 4.94. The topological polar surface area (TPSA) is 67.6 Å². The average Bonchev–Trinajstić information content (AvgIpc) is 2.74. The van der Waals surface area contributed by atoms with Gasteiger partial charge in [0, 0.05) is 13.1 Å². The molecular formula is C15H29N3O2. The van der Waals surface area contributed by atoms with Crippen LogP contribution in [0.2, 0.25) is 0 Å². The molecule has 2 heterocycles. The first-order valence-electron chi connectivity index (χ1n) is 7.96. The molecule has 1 amide bonds. The van der Waals surface area contributed by atoms with Crippen LogP contribution in [0.3, 0.4) is 0 Å². The van der Waals surface area contributed by atoms with Crippen LogP contribution >= 0.6 is 0 Å². The Morgan fingerprint density at radius 3 is 2.55 bits per heavy atom. The number of carbonyl (C=O) groups excluding carboxylic acids is 1. The number of likely N-dealkylation sites (N-methyl/N-ethyl adjacent to an activating group) is 1. The van der Waals surface area contributed by atoms with Crippen molar-refractivity contribution in [1.29, 1.82) is 0 Å². The van der Waals surface area contributed by atoms with Gasteiger partial charge < -0.3 is 15.8 Å². The van der Waals surface area contributed by atoms with E-state index in [-0.39, 0.29) is 5.91 Å². The Labute approximate surface area is 122 Å². The average molecular weight is 283 g/mol. The fourth-order valence-corrected chi connectivity index (χ4v) is 3.38. The minimum Gasteiger partial charge on any atom is -0.372 e. The number of morpholine rings is 1. The highest BCUT2D eigenvalue weighted by atomic mass is 16.5. The van der Waals surface area contributed by atoms with Gasteiger partial charge in [0.15, 0.2) is 0 Å². The number of nitrogens with zero attached hydrogens (tertiary/aromatic N) is 1. The number of primary amides is 1. The van der Waals surface area contributed by atoms with E-state index in [1.807, 2.05) is 13.8 Å². The summed E-state index contributed by atoms with van der Waals surface area (Å²) in [4.78, 5) is 14.0. The molecule has 5 nitrogen and oxygen atoms in total. The fraction of sp³-hybridized carbons (Fsp3) is 0.933. The van der Waals surface area contributed by atoms with Crippen molar-refractivity contribution in [2.75, 3.05) is 26.2 Å². The predicted octanol–water partition coefficient (Wildman–Crippen LogP) is 0.873. The summed E-state index contributed by atoms with van der Waals surface area (Å²) in [6.45, 7) is 7.95. The molecule has 5 heteroatoms. The smallest absolute Gasteiger partial charge is 0.237 e. The van der Waals surface area contributed by atoms with E-state index in [1.165, 1.54) is 12.8 Å². The molecule has 2 aliphatic rings. The largest absolute Gasteiger partial charge is 0.372 e. The third-order valence-corrected chi connectivity index (χ3v) is 4.63. The minimum atomic E-state index is -0.557. The second kappa shape index (κ2) is 6.87. The number of carbonyl (C=O) groups is 1. The van der Waals surface area contributed by atoms with Gasteiger partial charge in [0.05, 0.1) is 17.7 Å². The zero-order valence-electron chi connectivity index (χ0n) is 12.9. The normalized spacial score (nSPS) is 29.3. The summed E-state index contributed by atoms with van der Waals surface area (Å²) in [7, 11) is 0. The lowest BCUT2D eigenvalue weighted by molar-refractivity contribution is -0.124. The summed E-state index contributed by atoms with van der Waals surface area (Å²) in [6, 6.07) is 0. The number of unbranched alkanes of at least 4 members (excludes halogenated alkanes) is 1. The summed E-state index contributed by atoms with van der Waals surface area (Å²) >= 11 is 0. The SMILES string of the molecule is CCNC(C)(CCCCN1CC2CCC(C1)O2)C(N)=O. The first kappa shape index (κ1) is 15.7. The van der Waals surface area contributed by atoms with E-state index in [9.17, 15) is 4.79 Å². The van der Waals surface area contributed by atoms with Crippen LogP contribution in [0, 0.1) is 0 Å². The summed E-state index contributed by atoms with van der Waals surface area (Å²) in [6.07, 6.45) is 6.33. The molecule has 0 spiro atoms. The molecule has 0 aromatic rings. The van der Waals surface area contributed by atoms with Gasteiger partial charge in [0.2, 0.25) is 5.91 Å². The van der Waals surface area contributed by atoms with Crippen LogP contribution in [0.15, 0.2) is 0 Å². The Bertz CT molecular complexity index is 325. The molecule has 3 unspecified atom stereocenters. The van der Waals surface area contributed by atoms with Crippen LogP contribution in [0.1, 0.15) is 46.0 Å². The van der Waals surface area contributed by atoms with Gasteiger partial charge in [-0.2, -0.15) is 0 Å². The second-order valence-electron chi connectivity index (χ2n) is 6.40. The molecule has 0 aliphatic carbocycles. The zero-order valence-corrected chi connectivity index (χ0v) is 12.9. The Balaban J connectivity index is 1.66. The fourth-order valence-electron chi connectivity index (χ4n) is 3.38. The number of hydrogen-bond acceptors (Lipinski definition) is 4. The monoisotopic (exact) mass is 283 g/mol. The molecule has 2 fully saturated rings. The van der Waals surface area contributed by atoms with Gasteiger partial charge in [0.25, 0.3) is 0 Å². The van der Waals surface area contributed by atoms with Gasteiger partial charge in [-0.05, 0) is 52.1 Å². The van der Waals surface area contributed by atoms with Crippen molar-refractivity contribution in [3.05, 3.63) is 0 Å². The molecule has 3 atom stereocenters. The maximum Gasteiger partial charge on any atom is 0.237 e. The molecule has 2 rings (SSSR count). The second-order valence-corrected chi connectivity index (χ2v) is 6.40. The van der Waals surface area contributed by atoms with E-state index >= 15 is 0 Å². The first-order chi connectivity index (χ1) is 9.53. The van der Waals surface area contributed by atoms with E-state index in [0.29, 0.717) is 12.2 Å². The van der Waals surface area contributed by atoms with Crippen LogP contribution in [0.25, 0.3) is 0 Å². The molecule has 116 valence electrons. The Morgan fingerprint density at radius 2 is 2.00 bits per heavy atom. The van der Waals surface area contributed by atoms with E-state index in [4.69, 9.17) is 10.5 Å². The van der Waals surface area contributed by atoms with Crippen LogP contribution in [-0.4, -0.2) is 54.7 Å². The quantitative estimate of drug-likeness (QED) is 0.649. The molecule has 0 radical (unpaired) electrons. The molecule has 3 N–H and O–H groups in total. The van der Waals surface area contributed by atoms with Gasteiger partial charge in [-0.3, -0.25) is 9.69 Å². The maximum atomic E-state index is 11.5. The van der Waals surface area contributed by atoms with Crippen molar-refractivity contribution >= 4 is 5.91 Å². The van der Waals surface area contributed by atoms with Crippen molar-refractivity contribution in [3.63, 3.8) is 0 Å². The number of ether oxygens (including phenoxy) is 1. The van der Waals surface area contributed by atoms with Crippen LogP contribution in [0.5, 0.6) is 0 Å². The Kier molecular flexibility index (Phi) is 5.41. The molecule has 20 heavy (non-hydrogen) atoms. The number of likely N-dealkylation sites (tertiary alicyclic amines) is 1. The lowest BCUT2D eigenvalue weighted by Crippen LogP contribution is -2.53. The molecule has 2 bridgehead atoms. The predicted molar refractivity (Wildman–Crippen MR) is 79.5 cm³/mol. The molecule has 2 aliphatic heterocycles. The molecule has 0 aromatic carbocycles. The molecule has 0 aromatic heterocycles. The van der Waals surface area contributed by atoms with Gasteiger partial charge in [-0.1, -0.05) is 6.92 Å². The van der Waals surface area contributed by atoms with Crippen LogP contribution < -0.4 is 11.1 Å². The van der Waals surface area contributed by atoms with Crippen molar-refractivity contribution in [2.24, 2.45) is 5.73 Å². The third-order valence-electron chi connectivity index (χ3n) is 4.63. The van der Waals surface area contributed by atoms with E-state index < -0.39 is 5.54 Å². The van der Waals surface area contributed by atoms with E-state index in [1.54, 1.807) is 0 Å². The first-order valence-corrected chi connectivity index (χ1v) is 7.96. The Hall–Kier alpha value is -0.650. The van der Waals surface area contributed by atoms with Gasteiger partial charge in [-0.15, -0.1) is 0 Å². The van der Waals surface area contributed by atoms with Gasteiger partial charge >= 0.3 is 0 Å². The lowest BCUT2D eigenvalue weighted by atomic mass is 9.94. The number of nitrogens with two attached hydrogens (primary N) is 1. The standard InChI is InChI=1S/C15H29N3O2/c1-3-17-15(2,14(16)19)8-4-5-9-18-10-12-6-7-13(11-18)20-12/h12-13,17H,3-11H2,1-2H3,(H2,16,19). The minimum absolute atomic E-state index is 0.247. The number of hydrogen-bond donors (Lipinski definition) is 2. The Morgan fingerprint density at radius 1 is 1.35 bits per heavy atom. The van der Waals surface area contributed by atoms with Crippen molar-refractivity contribution < 1.29 is 9.53 Å². The number of rotatable bonds is 8. The van der Waals surface area contributed by atoms with Crippen molar-refractivity contribution in [3.8, 4) is 0 Å². The maximum absolute atomic E-state index is 11.5. The van der Waals surface area contributed by atoms with Gasteiger partial charge in [0.1, 0.15) is 0 Å². The van der Waals surface area contributed by atoms with Gasteiger partial charge in [-0.25, -0.2) is 0 Å². The van der Waals surface area contributed by atoms with Crippen LogP contribution in [-0.2, 0) is 9.53 Å². The third kappa shape index (κ3) is 3.93. The summed E-state index contributed by atoms with van der Waals surface area (Å²) in [5.74, 6) is -0.247. The molecular weight excluding hydrogens is 254 g/mol. The lowest BCUT2D eigenvalue weighted by Gasteiger charge is -2.32. The summed E-state index contributed by atoms with van der Waals surface area (Å²) < 4.78 is 5.84. The van der Waals surface area contributed by atoms with Crippen molar-refractivity contribution in [2.45, 2.75) is 63.7 Å². The highest BCUT2D eigenvalue weighted by Crippen LogP contribution is 2.26. The van der Waals surface area contributed by atoms with Crippen LogP contribution in [0.4, 0.5) is 0 Å². The number of fused-ring (bicyclic) bond motifs is 2. The highest BCUT2D eigenvalue weighted by molar-refractivity contribution is 5.84. The zero-order chi connectivity index (χ0) is 14.6. The summed E-state index contributed by atoms with van der Waals surface area (Å²) in [5, 5.41) is 3.21.